The molecule has 1 atom stereocenters. The van der Waals surface area contributed by atoms with Crippen LogP contribution < -0.4 is 20.3 Å². The highest BCUT2D eigenvalue weighted by Gasteiger charge is 2.32. The standard InChI is InChI=1S/C18H21N3O4S/c1-5-26-18-20-17(23)15-11(9-14(22)19-16(15)21(18)2)10-6-7-12(24-3)13(8-10)25-4/h6-8,11H,5,9H2,1-4H3,(H,19,22)/t11-/m0/s1. The fourth-order valence-electron chi connectivity index (χ4n) is 3.15. The normalized spacial score (nSPS) is 16.0. The maximum absolute atomic E-state index is 12.7. The summed E-state index contributed by atoms with van der Waals surface area (Å²) in [6.07, 6.45) is 0.180. The molecule has 26 heavy (non-hydrogen) atoms. The molecule has 2 heterocycles. The number of carbonyl (C=O) groups is 1. The van der Waals surface area contributed by atoms with E-state index in [-0.39, 0.29) is 23.8 Å². The van der Waals surface area contributed by atoms with Gasteiger partial charge in [-0.3, -0.25) is 9.59 Å². The van der Waals surface area contributed by atoms with E-state index in [0.29, 0.717) is 28.0 Å². The number of thioether (sulfide) groups is 1. The van der Waals surface area contributed by atoms with Crippen molar-refractivity contribution in [1.82, 2.24) is 9.55 Å². The Bertz CT molecular complexity index is 910. The van der Waals surface area contributed by atoms with Crippen molar-refractivity contribution < 1.29 is 14.3 Å². The molecule has 0 fully saturated rings. The van der Waals surface area contributed by atoms with Crippen LogP contribution in [0.15, 0.2) is 28.2 Å². The molecule has 0 spiro atoms. The summed E-state index contributed by atoms with van der Waals surface area (Å²) < 4.78 is 12.4. The number of amides is 1. The van der Waals surface area contributed by atoms with E-state index in [1.54, 1.807) is 38.0 Å². The molecule has 8 heteroatoms. The van der Waals surface area contributed by atoms with E-state index >= 15 is 0 Å². The van der Waals surface area contributed by atoms with Crippen LogP contribution in [0.3, 0.4) is 0 Å². The maximum Gasteiger partial charge on any atom is 0.279 e. The van der Waals surface area contributed by atoms with Crippen LogP contribution in [0.1, 0.15) is 30.4 Å². The van der Waals surface area contributed by atoms with E-state index in [9.17, 15) is 9.59 Å². The number of carbonyl (C=O) groups excluding carboxylic acids is 1. The summed E-state index contributed by atoms with van der Waals surface area (Å²) in [6, 6.07) is 5.43. The second kappa shape index (κ2) is 7.41. The van der Waals surface area contributed by atoms with Crippen LogP contribution in [0.25, 0.3) is 0 Å². The second-order valence-electron chi connectivity index (χ2n) is 5.87. The van der Waals surface area contributed by atoms with Crippen molar-refractivity contribution in [2.24, 2.45) is 7.05 Å². The molecule has 1 aromatic carbocycles. The van der Waals surface area contributed by atoms with E-state index in [2.05, 4.69) is 10.3 Å². The Kier molecular flexibility index (Phi) is 5.22. The molecular formula is C18H21N3O4S. The molecule has 1 aromatic heterocycles. The number of fused-ring (bicyclic) bond motifs is 1. The lowest BCUT2D eigenvalue weighted by Crippen LogP contribution is -2.33. The Hall–Kier alpha value is -2.48. The van der Waals surface area contributed by atoms with Crippen LogP contribution in [0.5, 0.6) is 11.5 Å². The summed E-state index contributed by atoms with van der Waals surface area (Å²) in [5.74, 6) is 1.93. The van der Waals surface area contributed by atoms with Crippen molar-refractivity contribution in [1.29, 1.82) is 0 Å². The molecule has 1 amide bonds. The summed E-state index contributed by atoms with van der Waals surface area (Å²) in [4.78, 5) is 29.3. The Morgan fingerprint density at radius 3 is 2.65 bits per heavy atom. The number of nitrogens with one attached hydrogen (secondary N) is 1. The summed E-state index contributed by atoms with van der Waals surface area (Å²) in [7, 11) is 4.92. The number of ether oxygens (including phenoxy) is 2. The van der Waals surface area contributed by atoms with Crippen molar-refractivity contribution >= 4 is 23.5 Å². The molecule has 1 aliphatic heterocycles. The molecule has 0 aliphatic carbocycles. The lowest BCUT2D eigenvalue weighted by molar-refractivity contribution is -0.116. The molecule has 138 valence electrons. The van der Waals surface area contributed by atoms with Crippen molar-refractivity contribution in [2.75, 3.05) is 25.3 Å². The smallest absolute Gasteiger partial charge is 0.279 e. The monoisotopic (exact) mass is 375 g/mol. The lowest BCUT2D eigenvalue weighted by Gasteiger charge is -2.27. The largest absolute Gasteiger partial charge is 0.493 e. The molecule has 3 rings (SSSR count). The van der Waals surface area contributed by atoms with Gasteiger partial charge in [-0.15, -0.1) is 0 Å². The average Bonchev–Trinajstić information content (AvgIpc) is 2.64. The summed E-state index contributed by atoms with van der Waals surface area (Å²) in [5, 5.41) is 3.42. The minimum atomic E-state index is -0.384. The Morgan fingerprint density at radius 2 is 2.00 bits per heavy atom. The molecule has 2 aromatic rings. The third-order valence-electron chi connectivity index (χ3n) is 4.38. The van der Waals surface area contributed by atoms with Gasteiger partial charge in [-0.2, -0.15) is 4.98 Å². The van der Waals surface area contributed by atoms with Gasteiger partial charge in [0.15, 0.2) is 16.7 Å². The predicted molar refractivity (Wildman–Crippen MR) is 101 cm³/mol. The van der Waals surface area contributed by atoms with Crippen molar-refractivity contribution in [3.05, 3.63) is 39.7 Å². The van der Waals surface area contributed by atoms with E-state index in [1.165, 1.54) is 11.8 Å². The first kappa shape index (κ1) is 18.3. The number of aromatic nitrogens is 2. The third kappa shape index (κ3) is 3.16. The quantitative estimate of drug-likeness (QED) is 0.638. The number of nitrogens with zero attached hydrogens (tertiary/aromatic N) is 2. The number of methoxy groups -OCH3 is 2. The summed E-state index contributed by atoms with van der Waals surface area (Å²) in [6.45, 7) is 1.99. The zero-order valence-electron chi connectivity index (χ0n) is 15.2. The van der Waals surface area contributed by atoms with Gasteiger partial charge in [-0.25, -0.2) is 0 Å². The Balaban J connectivity index is 2.17. The molecule has 0 bridgehead atoms. The lowest BCUT2D eigenvalue weighted by atomic mass is 9.86. The molecule has 1 aliphatic rings. The molecule has 0 radical (unpaired) electrons. The summed E-state index contributed by atoms with van der Waals surface area (Å²) in [5.41, 5.74) is 1.00. The maximum atomic E-state index is 12.7. The van der Waals surface area contributed by atoms with Gasteiger partial charge in [0.25, 0.3) is 5.56 Å². The number of rotatable bonds is 5. The highest BCUT2D eigenvalue weighted by Crippen LogP contribution is 2.39. The van der Waals surface area contributed by atoms with Crippen LogP contribution in [0.2, 0.25) is 0 Å². The van der Waals surface area contributed by atoms with E-state index in [0.717, 1.165) is 11.3 Å². The van der Waals surface area contributed by atoms with Crippen molar-refractivity contribution in [3.63, 3.8) is 0 Å². The Morgan fingerprint density at radius 1 is 1.27 bits per heavy atom. The van der Waals surface area contributed by atoms with Crippen LogP contribution in [-0.4, -0.2) is 35.4 Å². The van der Waals surface area contributed by atoms with Crippen LogP contribution in [-0.2, 0) is 11.8 Å². The van der Waals surface area contributed by atoms with E-state index in [4.69, 9.17) is 9.47 Å². The fourth-order valence-corrected chi connectivity index (χ4v) is 3.84. The van der Waals surface area contributed by atoms with Crippen molar-refractivity contribution in [3.8, 4) is 11.5 Å². The van der Waals surface area contributed by atoms with Crippen LogP contribution >= 0.6 is 11.8 Å². The molecule has 0 saturated heterocycles. The molecule has 0 unspecified atom stereocenters. The summed E-state index contributed by atoms with van der Waals surface area (Å²) >= 11 is 1.46. The topological polar surface area (TPSA) is 82.5 Å². The number of hydrogen-bond donors (Lipinski definition) is 1. The van der Waals surface area contributed by atoms with Gasteiger partial charge in [0, 0.05) is 19.4 Å². The number of benzene rings is 1. The molecule has 7 nitrogen and oxygen atoms in total. The Labute approximate surface area is 155 Å². The van der Waals surface area contributed by atoms with Crippen LogP contribution in [0, 0.1) is 0 Å². The number of anilines is 1. The van der Waals surface area contributed by atoms with Gasteiger partial charge in [0.1, 0.15) is 5.82 Å². The highest BCUT2D eigenvalue weighted by molar-refractivity contribution is 7.99. The zero-order chi connectivity index (χ0) is 18.8. The zero-order valence-corrected chi connectivity index (χ0v) is 16.0. The number of hydrogen-bond acceptors (Lipinski definition) is 6. The van der Waals surface area contributed by atoms with Gasteiger partial charge in [-0.1, -0.05) is 24.8 Å². The van der Waals surface area contributed by atoms with Gasteiger partial charge < -0.3 is 19.4 Å². The minimum Gasteiger partial charge on any atom is -0.493 e. The average molecular weight is 375 g/mol. The molecular weight excluding hydrogens is 354 g/mol. The first-order valence-electron chi connectivity index (χ1n) is 8.25. The van der Waals surface area contributed by atoms with E-state index in [1.807, 2.05) is 13.0 Å². The fraction of sp³-hybridized carbons (Fsp3) is 0.389. The van der Waals surface area contributed by atoms with Gasteiger partial charge >= 0.3 is 0 Å². The highest BCUT2D eigenvalue weighted by atomic mass is 32.2. The van der Waals surface area contributed by atoms with Gasteiger partial charge in [-0.05, 0) is 23.4 Å². The SMILES string of the molecule is CCSc1nc(=O)c2c(n1C)NC(=O)C[C@H]2c1ccc(OC)c(OC)c1. The minimum absolute atomic E-state index is 0.133. The van der Waals surface area contributed by atoms with Crippen LogP contribution in [0.4, 0.5) is 5.82 Å². The second-order valence-corrected chi connectivity index (χ2v) is 7.10. The van der Waals surface area contributed by atoms with Gasteiger partial charge in [0.05, 0.1) is 19.8 Å². The van der Waals surface area contributed by atoms with E-state index < -0.39 is 0 Å². The predicted octanol–water partition coefficient (Wildman–Crippen LogP) is 2.38. The third-order valence-corrected chi connectivity index (χ3v) is 5.30. The molecule has 0 saturated carbocycles. The molecule has 1 N–H and O–H groups in total. The van der Waals surface area contributed by atoms with Gasteiger partial charge in [0.2, 0.25) is 5.91 Å². The van der Waals surface area contributed by atoms with Crippen molar-refractivity contribution in [2.45, 2.75) is 24.4 Å². The first-order chi connectivity index (χ1) is 12.5. The first-order valence-corrected chi connectivity index (χ1v) is 9.24.